The molecule has 8 heteroatoms. The lowest BCUT2D eigenvalue weighted by molar-refractivity contribution is -0.153. The molecule has 0 amide bonds. The number of esters is 2. The molecule has 1 heterocycles. The maximum Gasteiger partial charge on any atom is 0.303 e. The molecular formula is C21H31NO6S. The Labute approximate surface area is 177 Å². The fourth-order valence-electron chi connectivity index (χ4n) is 3.28. The molecule has 0 aliphatic carbocycles. The van der Waals surface area contributed by atoms with Crippen molar-refractivity contribution in [3.63, 3.8) is 0 Å². The maximum absolute atomic E-state index is 11.8. The van der Waals surface area contributed by atoms with Crippen molar-refractivity contribution >= 4 is 23.7 Å². The summed E-state index contributed by atoms with van der Waals surface area (Å²) < 4.78 is 21.8. The van der Waals surface area contributed by atoms with E-state index < -0.39 is 16.8 Å². The average Bonchev–Trinajstić information content (AvgIpc) is 2.83. The third-order valence-corrected chi connectivity index (χ3v) is 6.55. The Balaban J connectivity index is 2.45. The normalized spacial score (nSPS) is 21.0. The Hall–Kier alpha value is -1.93. The molecule has 1 aromatic rings. The second-order valence-corrected chi connectivity index (χ2v) is 8.40. The van der Waals surface area contributed by atoms with Gasteiger partial charge in [-0.2, -0.15) is 0 Å². The van der Waals surface area contributed by atoms with Crippen LogP contribution >= 0.6 is 11.8 Å². The number of thioether (sulfide) groups is 1. The van der Waals surface area contributed by atoms with Gasteiger partial charge in [0, 0.05) is 13.8 Å². The Kier molecular flexibility index (Phi) is 8.64. The van der Waals surface area contributed by atoms with Crippen LogP contribution in [0.5, 0.6) is 11.5 Å². The van der Waals surface area contributed by atoms with Gasteiger partial charge in [-0.1, -0.05) is 13.8 Å². The van der Waals surface area contributed by atoms with Gasteiger partial charge >= 0.3 is 11.9 Å². The van der Waals surface area contributed by atoms with Crippen LogP contribution < -0.4 is 9.47 Å². The number of fused-ring (bicyclic) bond motifs is 1. The predicted molar refractivity (Wildman–Crippen MR) is 112 cm³/mol. The topological polar surface area (TPSA) is 74.3 Å². The van der Waals surface area contributed by atoms with Gasteiger partial charge in [0.25, 0.3) is 0 Å². The van der Waals surface area contributed by atoms with E-state index >= 15 is 0 Å². The van der Waals surface area contributed by atoms with Crippen molar-refractivity contribution in [2.45, 2.75) is 49.9 Å². The fraction of sp³-hybridized carbons (Fsp3) is 0.619. The van der Waals surface area contributed by atoms with E-state index in [1.807, 2.05) is 18.2 Å². The van der Waals surface area contributed by atoms with E-state index in [1.54, 1.807) is 7.11 Å². The molecule has 2 unspecified atom stereocenters. The summed E-state index contributed by atoms with van der Waals surface area (Å²) in [6.07, 6.45) is 0.0863. The van der Waals surface area contributed by atoms with Gasteiger partial charge in [0.2, 0.25) is 0 Å². The summed E-state index contributed by atoms with van der Waals surface area (Å²) in [5.41, 5.74) is 0. The van der Waals surface area contributed by atoms with Crippen molar-refractivity contribution < 1.29 is 28.5 Å². The van der Waals surface area contributed by atoms with Gasteiger partial charge in [-0.25, -0.2) is 0 Å². The lowest BCUT2D eigenvalue weighted by Gasteiger charge is -2.38. The molecule has 29 heavy (non-hydrogen) atoms. The van der Waals surface area contributed by atoms with Crippen LogP contribution in [0.25, 0.3) is 0 Å². The maximum atomic E-state index is 11.8. The molecule has 0 saturated heterocycles. The zero-order chi connectivity index (χ0) is 21.4. The number of carbonyl (C=O) groups excluding carboxylic acids is 2. The molecule has 0 spiro atoms. The number of ether oxygens (including phenoxy) is 4. The van der Waals surface area contributed by atoms with Gasteiger partial charge < -0.3 is 23.8 Å². The van der Waals surface area contributed by atoms with E-state index in [0.717, 1.165) is 24.5 Å². The molecule has 0 aromatic heterocycles. The standard InChI is InChI=1S/C21H31NO6S/c1-6-22(7-2)11-10-21(14-27-15(3)23)20(28-16(4)24)13-26-18-9-8-17(25-5)12-19(18)29-21/h8-9,12,20H,6-7,10-11,13-14H2,1-5H3. The van der Waals surface area contributed by atoms with Crippen molar-refractivity contribution in [3.8, 4) is 11.5 Å². The number of methoxy groups -OCH3 is 1. The minimum absolute atomic E-state index is 0.117. The minimum Gasteiger partial charge on any atom is -0.497 e. The monoisotopic (exact) mass is 425 g/mol. The number of hydrogen-bond acceptors (Lipinski definition) is 8. The van der Waals surface area contributed by atoms with E-state index in [1.165, 1.54) is 25.6 Å². The molecule has 0 bridgehead atoms. The van der Waals surface area contributed by atoms with Gasteiger partial charge in [-0.3, -0.25) is 9.59 Å². The first-order valence-corrected chi connectivity index (χ1v) is 10.7. The average molecular weight is 426 g/mol. The highest BCUT2D eigenvalue weighted by Gasteiger charge is 2.46. The van der Waals surface area contributed by atoms with Crippen LogP contribution in [-0.2, 0) is 19.1 Å². The zero-order valence-electron chi connectivity index (χ0n) is 17.9. The molecule has 0 saturated carbocycles. The Morgan fingerprint density at radius 1 is 1.24 bits per heavy atom. The van der Waals surface area contributed by atoms with Gasteiger partial charge in [-0.05, 0) is 44.3 Å². The van der Waals surface area contributed by atoms with Crippen LogP contribution in [0.1, 0.15) is 34.1 Å². The summed E-state index contributed by atoms with van der Waals surface area (Å²) in [6.45, 7) is 9.87. The van der Waals surface area contributed by atoms with E-state index in [9.17, 15) is 9.59 Å². The summed E-state index contributed by atoms with van der Waals surface area (Å²) in [5.74, 6) is 0.639. The third kappa shape index (κ3) is 6.27. The number of hydrogen-bond donors (Lipinski definition) is 0. The van der Waals surface area contributed by atoms with Crippen molar-refractivity contribution in [1.82, 2.24) is 4.90 Å². The molecule has 2 rings (SSSR count). The van der Waals surface area contributed by atoms with Crippen molar-refractivity contribution in [2.75, 3.05) is 40.0 Å². The molecule has 1 aromatic carbocycles. The van der Waals surface area contributed by atoms with Gasteiger partial charge in [0.15, 0.2) is 6.10 Å². The molecule has 2 atom stereocenters. The van der Waals surface area contributed by atoms with E-state index in [2.05, 4.69) is 18.7 Å². The summed E-state index contributed by atoms with van der Waals surface area (Å²) in [4.78, 5) is 26.6. The first-order chi connectivity index (χ1) is 13.8. The SMILES string of the molecule is CCN(CC)CCC1(COC(C)=O)Sc2cc(OC)ccc2OCC1OC(C)=O. The third-order valence-electron chi connectivity index (χ3n) is 5.01. The summed E-state index contributed by atoms with van der Waals surface area (Å²) >= 11 is 1.52. The summed E-state index contributed by atoms with van der Waals surface area (Å²) in [6, 6.07) is 5.57. The van der Waals surface area contributed by atoms with E-state index in [0.29, 0.717) is 17.9 Å². The van der Waals surface area contributed by atoms with Gasteiger partial charge in [0.05, 0.1) is 16.8 Å². The Morgan fingerprint density at radius 3 is 2.55 bits per heavy atom. The predicted octanol–water partition coefficient (Wildman–Crippen LogP) is 3.15. The van der Waals surface area contributed by atoms with E-state index in [-0.39, 0.29) is 19.2 Å². The smallest absolute Gasteiger partial charge is 0.303 e. The van der Waals surface area contributed by atoms with Crippen LogP contribution in [0.2, 0.25) is 0 Å². The molecule has 7 nitrogen and oxygen atoms in total. The van der Waals surface area contributed by atoms with Crippen LogP contribution in [0.15, 0.2) is 23.1 Å². The molecule has 1 aliphatic heterocycles. The molecular weight excluding hydrogens is 394 g/mol. The lowest BCUT2D eigenvalue weighted by atomic mass is 9.97. The van der Waals surface area contributed by atoms with Crippen molar-refractivity contribution in [3.05, 3.63) is 18.2 Å². The second-order valence-electron chi connectivity index (χ2n) is 6.95. The zero-order valence-corrected chi connectivity index (χ0v) is 18.7. The highest BCUT2D eigenvalue weighted by Crippen LogP contribution is 2.47. The van der Waals surface area contributed by atoms with Gasteiger partial charge in [0.1, 0.15) is 24.7 Å². The molecule has 0 N–H and O–H groups in total. The first kappa shape index (κ1) is 23.3. The van der Waals surface area contributed by atoms with Crippen LogP contribution in [0, 0.1) is 0 Å². The summed E-state index contributed by atoms with van der Waals surface area (Å²) in [5, 5.41) is 0. The highest BCUT2D eigenvalue weighted by atomic mass is 32.2. The van der Waals surface area contributed by atoms with E-state index in [4.69, 9.17) is 18.9 Å². The highest BCUT2D eigenvalue weighted by molar-refractivity contribution is 8.00. The molecule has 1 aliphatic rings. The number of nitrogens with zero attached hydrogens (tertiary/aromatic N) is 1. The van der Waals surface area contributed by atoms with Crippen LogP contribution in [0.4, 0.5) is 0 Å². The van der Waals surface area contributed by atoms with Crippen molar-refractivity contribution in [2.24, 2.45) is 0 Å². The number of carbonyl (C=O) groups is 2. The largest absolute Gasteiger partial charge is 0.497 e. The molecule has 0 fully saturated rings. The number of rotatable bonds is 9. The summed E-state index contributed by atoms with van der Waals surface area (Å²) in [7, 11) is 1.61. The molecule has 162 valence electrons. The fourth-order valence-corrected chi connectivity index (χ4v) is 4.68. The van der Waals surface area contributed by atoms with Crippen LogP contribution in [-0.4, -0.2) is 67.6 Å². The van der Waals surface area contributed by atoms with Crippen LogP contribution in [0.3, 0.4) is 0 Å². The second kappa shape index (κ2) is 10.7. The minimum atomic E-state index is -0.683. The first-order valence-electron chi connectivity index (χ1n) is 9.86. The Morgan fingerprint density at radius 2 is 1.97 bits per heavy atom. The lowest BCUT2D eigenvalue weighted by Crippen LogP contribution is -2.50. The Bertz CT molecular complexity index is 708. The van der Waals surface area contributed by atoms with Crippen molar-refractivity contribution in [1.29, 1.82) is 0 Å². The van der Waals surface area contributed by atoms with Gasteiger partial charge in [-0.15, -0.1) is 11.8 Å². The molecule has 0 radical (unpaired) electrons. The number of benzene rings is 1. The quantitative estimate of drug-likeness (QED) is 0.559.